The SMILES string of the molecule is O=C1NC(=O)/C(=C/c2cc(-c3ccccc3)ccc2OCc2ccccc2)S1. The molecule has 0 radical (unpaired) electrons. The van der Waals surface area contributed by atoms with Gasteiger partial charge in [-0.25, -0.2) is 0 Å². The molecule has 3 aromatic carbocycles. The van der Waals surface area contributed by atoms with Gasteiger partial charge in [0.15, 0.2) is 0 Å². The van der Waals surface area contributed by atoms with E-state index in [0.717, 1.165) is 34.0 Å². The third-order valence-corrected chi connectivity index (χ3v) is 5.09. The Labute approximate surface area is 167 Å². The average molecular weight is 387 g/mol. The Bertz CT molecular complexity index is 1050. The molecule has 4 rings (SSSR count). The number of carbonyl (C=O) groups excluding carboxylic acids is 2. The standard InChI is InChI=1S/C23H17NO3S/c25-22-21(28-23(26)24-22)14-19-13-18(17-9-5-2-6-10-17)11-12-20(19)27-15-16-7-3-1-4-8-16/h1-14H,15H2,(H,24,25,26)/b21-14-. The van der Waals surface area contributed by atoms with Crippen LogP contribution in [-0.4, -0.2) is 11.1 Å². The molecule has 1 aliphatic rings. The first kappa shape index (κ1) is 18.1. The lowest BCUT2D eigenvalue weighted by Gasteiger charge is -2.12. The molecule has 5 heteroatoms. The lowest BCUT2D eigenvalue weighted by molar-refractivity contribution is -0.115. The highest BCUT2D eigenvalue weighted by molar-refractivity contribution is 8.18. The Morgan fingerprint density at radius 2 is 1.57 bits per heavy atom. The fourth-order valence-corrected chi connectivity index (χ4v) is 3.57. The summed E-state index contributed by atoms with van der Waals surface area (Å²) >= 11 is 0.899. The molecule has 1 aliphatic heterocycles. The van der Waals surface area contributed by atoms with Gasteiger partial charge < -0.3 is 4.74 Å². The molecular formula is C23H17NO3S. The summed E-state index contributed by atoms with van der Waals surface area (Å²) in [6.07, 6.45) is 1.71. The summed E-state index contributed by atoms with van der Waals surface area (Å²) in [5.74, 6) is 0.276. The molecule has 1 heterocycles. The third kappa shape index (κ3) is 4.15. The van der Waals surface area contributed by atoms with Gasteiger partial charge in [-0.05, 0) is 46.7 Å². The molecule has 0 spiro atoms. The molecule has 0 saturated carbocycles. The van der Waals surface area contributed by atoms with Gasteiger partial charge in [0.1, 0.15) is 12.4 Å². The quantitative estimate of drug-likeness (QED) is 0.607. The zero-order valence-corrected chi connectivity index (χ0v) is 15.7. The van der Waals surface area contributed by atoms with Gasteiger partial charge in [-0.1, -0.05) is 66.7 Å². The zero-order valence-electron chi connectivity index (χ0n) is 14.9. The highest BCUT2D eigenvalue weighted by Crippen LogP contribution is 2.32. The average Bonchev–Trinajstić information content (AvgIpc) is 3.05. The molecule has 4 nitrogen and oxygen atoms in total. The summed E-state index contributed by atoms with van der Waals surface area (Å²) in [7, 11) is 0. The van der Waals surface area contributed by atoms with Crippen molar-refractivity contribution in [3.8, 4) is 16.9 Å². The van der Waals surface area contributed by atoms with Crippen LogP contribution in [0.1, 0.15) is 11.1 Å². The minimum Gasteiger partial charge on any atom is -0.488 e. The Morgan fingerprint density at radius 3 is 2.25 bits per heavy atom. The van der Waals surface area contributed by atoms with Gasteiger partial charge in [0.25, 0.3) is 11.1 Å². The maximum absolute atomic E-state index is 12.0. The van der Waals surface area contributed by atoms with Gasteiger partial charge in [-0.3, -0.25) is 14.9 Å². The van der Waals surface area contributed by atoms with Gasteiger partial charge in [-0.2, -0.15) is 0 Å². The highest BCUT2D eigenvalue weighted by Gasteiger charge is 2.25. The normalized spacial score (nSPS) is 14.9. The molecule has 0 atom stereocenters. The molecule has 1 saturated heterocycles. The van der Waals surface area contributed by atoms with Crippen LogP contribution in [-0.2, 0) is 11.4 Å². The molecule has 138 valence electrons. The first-order valence-electron chi connectivity index (χ1n) is 8.80. The van der Waals surface area contributed by atoms with Gasteiger partial charge in [0, 0.05) is 5.56 Å². The predicted molar refractivity (Wildman–Crippen MR) is 112 cm³/mol. The highest BCUT2D eigenvalue weighted by atomic mass is 32.2. The van der Waals surface area contributed by atoms with Gasteiger partial charge in [-0.15, -0.1) is 0 Å². The summed E-state index contributed by atoms with van der Waals surface area (Å²) in [5, 5.41) is 1.93. The second-order valence-corrected chi connectivity index (χ2v) is 7.26. The second-order valence-electron chi connectivity index (χ2n) is 6.25. The fraction of sp³-hybridized carbons (Fsp3) is 0.0435. The van der Waals surface area contributed by atoms with Crippen LogP contribution in [0.5, 0.6) is 5.75 Å². The number of hydrogen-bond donors (Lipinski definition) is 1. The van der Waals surface area contributed by atoms with E-state index in [2.05, 4.69) is 5.32 Å². The van der Waals surface area contributed by atoms with Crippen molar-refractivity contribution in [2.75, 3.05) is 0 Å². The Balaban J connectivity index is 1.69. The molecular weight excluding hydrogens is 370 g/mol. The first-order chi connectivity index (χ1) is 13.7. The van der Waals surface area contributed by atoms with Crippen LogP contribution >= 0.6 is 11.8 Å². The minimum atomic E-state index is -0.380. The number of hydrogen-bond acceptors (Lipinski definition) is 4. The Hall–Kier alpha value is -3.31. The van der Waals surface area contributed by atoms with Crippen molar-refractivity contribution >= 4 is 29.0 Å². The van der Waals surface area contributed by atoms with E-state index in [0.29, 0.717) is 17.3 Å². The number of imide groups is 1. The summed E-state index contributed by atoms with van der Waals surface area (Å²) < 4.78 is 6.02. The molecule has 3 aromatic rings. The summed E-state index contributed by atoms with van der Waals surface area (Å²) in [6, 6.07) is 25.7. The van der Waals surface area contributed by atoms with E-state index in [-0.39, 0.29) is 11.1 Å². The maximum Gasteiger partial charge on any atom is 0.290 e. The van der Waals surface area contributed by atoms with E-state index >= 15 is 0 Å². The van der Waals surface area contributed by atoms with Crippen LogP contribution in [0.4, 0.5) is 4.79 Å². The van der Waals surface area contributed by atoms with E-state index in [1.807, 2.05) is 78.9 Å². The van der Waals surface area contributed by atoms with E-state index in [1.54, 1.807) is 6.08 Å². The largest absolute Gasteiger partial charge is 0.488 e. The number of rotatable bonds is 5. The van der Waals surface area contributed by atoms with Gasteiger partial charge in [0.05, 0.1) is 4.91 Å². The molecule has 0 aliphatic carbocycles. The van der Waals surface area contributed by atoms with Crippen LogP contribution in [0, 0.1) is 0 Å². The van der Waals surface area contributed by atoms with Crippen molar-refractivity contribution in [1.82, 2.24) is 5.32 Å². The zero-order chi connectivity index (χ0) is 19.3. The predicted octanol–water partition coefficient (Wildman–Crippen LogP) is 5.26. The first-order valence-corrected chi connectivity index (χ1v) is 9.62. The number of carbonyl (C=O) groups is 2. The van der Waals surface area contributed by atoms with Crippen LogP contribution in [0.3, 0.4) is 0 Å². The minimum absolute atomic E-state index is 0.359. The van der Waals surface area contributed by atoms with Crippen molar-refractivity contribution in [2.24, 2.45) is 0 Å². The molecule has 2 amide bonds. The molecule has 0 aromatic heterocycles. The number of thioether (sulfide) groups is 1. The smallest absolute Gasteiger partial charge is 0.290 e. The number of nitrogens with one attached hydrogen (secondary N) is 1. The number of amides is 2. The maximum atomic E-state index is 12.0. The lowest BCUT2D eigenvalue weighted by Crippen LogP contribution is -2.17. The molecule has 0 unspecified atom stereocenters. The van der Waals surface area contributed by atoms with Crippen LogP contribution in [0.2, 0.25) is 0 Å². The third-order valence-electron chi connectivity index (χ3n) is 4.28. The molecule has 0 bridgehead atoms. The van der Waals surface area contributed by atoms with Crippen molar-refractivity contribution in [1.29, 1.82) is 0 Å². The van der Waals surface area contributed by atoms with Crippen molar-refractivity contribution in [2.45, 2.75) is 6.61 Å². The summed E-state index contributed by atoms with van der Waals surface area (Å²) in [5.41, 5.74) is 3.88. The van der Waals surface area contributed by atoms with E-state index in [9.17, 15) is 9.59 Å². The molecule has 1 fully saturated rings. The van der Waals surface area contributed by atoms with Gasteiger partial charge in [0.2, 0.25) is 0 Å². The fourth-order valence-electron chi connectivity index (χ4n) is 2.90. The molecule has 1 N–H and O–H groups in total. The lowest BCUT2D eigenvalue weighted by atomic mass is 10.0. The topological polar surface area (TPSA) is 55.4 Å². The van der Waals surface area contributed by atoms with Gasteiger partial charge >= 0.3 is 0 Å². The van der Waals surface area contributed by atoms with Crippen LogP contribution < -0.4 is 10.1 Å². The van der Waals surface area contributed by atoms with E-state index in [1.165, 1.54) is 0 Å². The van der Waals surface area contributed by atoms with E-state index in [4.69, 9.17) is 4.74 Å². The Morgan fingerprint density at radius 1 is 0.857 bits per heavy atom. The van der Waals surface area contributed by atoms with Crippen LogP contribution in [0.25, 0.3) is 17.2 Å². The molecule has 28 heavy (non-hydrogen) atoms. The van der Waals surface area contributed by atoms with Crippen molar-refractivity contribution in [3.05, 3.63) is 94.9 Å². The Kier molecular flexibility index (Phi) is 5.26. The van der Waals surface area contributed by atoms with Crippen LogP contribution in [0.15, 0.2) is 83.8 Å². The summed E-state index contributed by atoms with van der Waals surface area (Å²) in [6.45, 7) is 0.417. The summed E-state index contributed by atoms with van der Waals surface area (Å²) in [4.78, 5) is 23.8. The second kappa shape index (κ2) is 8.15. The van der Waals surface area contributed by atoms with Crippen molar-refractivity contribution < 1.29 is 14.3 Å². The monoisotopic (exact) mass is 387 g/mol. The number of ether oxygens (including phenoxy) is 1. The van der Waals surface area contributed by atoms with E-state index < -0.39 is 0 Å². The number of benzene rings is 3. The van der Waals surface area contributed by atoms with Crippen molar-refractivity contribution in [3.63, 3.8) is 0 Å².